The number of hydrogen-bond acceptors (Lipinski definition) is 3. The molecule has 0 aromatic heterocycles. The van der Waals surface area contributed by atoms with Gasteiger partial charge >= 0.3 is 5.97 Å². The van der Waals surface area contributed by atoms with E-state index in [-0.39, 0.29) is 12.4 Å². The predicted octanol–water partition coefficient (Wildman–Crippen LogP) is 2.22. The van der Waals surface area contributed by atoms with Crippen LogP contribution in [0.25, 0.3) is 0 Å². The summed E-state index contributed by atoms with van der Waals surface area (Å²) >= 11 is 0. The van der Waals surface area contributed by atoms with Crippen molar-refractivity contribution in [2.75, 3.05) is 6.61 Å². The van der Waals surface area contributed by atoms with Crippen LogP contribution < -0.4 is 0 Å². The van der Waals surface area contributed by atoms with Crippen LogP contribution in [0.5, 0.6) is 0 Å². The zero-order chi connectivity index (χ0) is 12.1. The van der Waals surface area contributed by atoms with Gasteiger partial charge in [0.05, 0.1) is 13.0 Å². The van der Waals surface area contributed by atoms with Crippen LogP contribution in [0.2, 0.25) is 0 Å². The van der Waals surface area contributed by atoms with Gasteiger partial charge in [-0.15, -0.1) is 0 Å². The van der Waals surface area contributed by atoms with Gasteiger partial charge in [-0.25, -0.2) is 0 Å². The number of rotatable bonds is 4. The van der Waals surface area contributed by atoms with Crippen LogP contribution in [-0.2, 0) is 16.0 Å². The molecule has 0 aliphatic rings. The van der Waals surface area contributed by atoms with E-state index in [1.165, 1.54) is 0 Å². The maximum Gasteiger partial charge on any atom is 0.310 e. The summed E-state index contributed by atoms with van der Waals surface area (Å²) in [5.41, 5.74) is 3.40. The van der Waals surface area contributed by atoms with Crippen molar-refractivity contribution < 1.29 is 14.3 Å². The van der Waals surface area contributed by atoms with Crippen molar-refractivity contribution in [3.8, 4) is 0 Å². The van der Waals surface area contributed by atoms with Crippen molar-refractivity contribution in [2.24, 2.45) is 0 Å². The van der Waals surface area contributed by atoms with Crippen LogP contribution in [0.1, 0.15) is 34.0 Å². The Morgan fingerprint density at radius 2 is 2.06 bits per heavy atom. The van der Waals surface area contributed by atoms with Crippen LogP contribution in [0.15, 0.2) is 12.1 Å². The lowest BCUT2D eigenvalue weighted by Crippen LogP contribution is -2.11. The lowest BCUT2D eigenvalue weighted by atomic mass is 9.96. The molecule has 3 heteroatoms. The molecule has 0 fully saturated rings. The molecular formula is C13H16O3. The summed E-state index contributed by atoms with van der Waals surface area (Å²) < 4.78 is 4.89. The highest BCUT2D eigenvalue weighted by molar-refractivity contribution is 5.83. The highest BCUT2D eigenvalue weighted by atomic mass is 16.5. The Balaban J connectivity index is 3.05. The zero-order valence-corrected chi connectivity index (χ0v) is 9.87. The van der Waals surface area contributed by atoms with E-state index in [4.69, 9.17) is 4.74 Å². The van der Waals surface area contributed by atoms with Crippen LogP contribution in [0, 0.1) is 13.8 Å². The van der Waals surface area contributed by atoms with Crippen LogP contribution in [-0.4, -0.2) is 18.9 Å². The third-order valence-corrected chi connectivity index (χ3v) is 2.66. The van der Waals surface area contributed by atoms with E-state index in [0.717, 1.165) is 23.0 Å². The number of carbonyl (C=O) groups excluding carboxylic acids is 2. The summed E-state index contributed by atoms with van der Waals surface area (Å²) in [6, 6.07) is 3.62. The van der Waals surface area contributed by atoms with Gasteiger partial charge in [0.1, 0.15) is 6.29 Å². The van der Waals surface area contributed by atoms with E-state index in [9.17, 15) is 9.59 Å². The maximum absolute atomic E-state index is 11.4. The first kappa shape index (κ1) is 12.4. The fourth-order valence-electron chi connectivity index (χ4n) is 1.60. The topological polar surface area (TPSA) is 43.4 Å². The second-order valence-electron chi connectivity index (χ2n) is 3.67. The molecule has 0 N–H and O–H groups in total. The summed E-state index contributed by atoms with van der Waals surface area (Å²) in [6.07, 6.45) is 0.941. The molecule has 0 aliphatic heterocycles. The molecule has 0 unspecified atom stereocenters. The fraction of sp³-hybridized carbons (Fsp3) is 0.385. The molecule has 0 atom stereocenters. The minimum Gasteiger partial charge on any atom is -0.466 e. The van der Waals surface area contributed by atoms with Gasteiger partial charge < -0.3 is 4.74 Å². The van der Waals surface area contributed by atoms with Crippen LogP contribution in [0.4, 0.5) is 0 Å². The molecule has 0 saturated carbocycles. The first-order valence-electron chi connectivity index (χ1n) is 5.30. The molecule has 0 amide bonds. The summed E-state index contributed by atoms with van der Waals surface area (Å²) in [7, 11) is 0. The fourth-order valence-corrected chi connectivity index (χ4v) is 1.60. The minimum atomic E-state index is -0.292. The minimum absolute atomic E-state index is 0.162. The molecule has 0 saturated heterocycles. The highest BCUT2D eigenvalue weighted by Gasteiger charge is 2.12. The third-order valence-electron chi connectivity index (χ3n) is 2.66. The molecule has 0 radical (unpaired) electrons. The van der Waals surface area contributed by atoms with E-state index in [1.54, 1.807) is 13.0 Å². The number of aldehydes is 1. The molecule has 0 spiro atoms. The molecular weight excluding hydrogens is 204 g/mol. The monoisotopic (exact) mass is 220 g/mol. The van der Waals surface area contributed by atoms with Gasteiger partial charge in [-0.05, 0) is 37.5 Å². The SMILES string of the molecule is CCOC(=O)Cc1c(C=O)ccc(C)c1C. The number of carbonyl (C=O) groups is 2. The van der Waals surface area contributed by atoms with Crippen LogP contribution in [0.3, 0.4) is 0 Å². The molecule has 86 valence electrons. The second kappa shape index (κ2) is 5.45. The van der Waals surface area contributed by atoms with Crippen molar-refractivity contribution in [1.29, 1.82) is 0 Å². The van der Waals surface area contributed by atoms with E-state index in [2.05, 4.69) is 0 Å². The Morgan fingerprint density at radius 1 is 1.38 bits per heavy atom. The molecule has 0 heterocycles. The average molecular weight is 220 g/mol. The quantitative estimate of drug-likeness (QED) is 0.577. The first-order valence-corrected chi connectivity index (χ1v) is 5.30. The number of aryl methyl sites for hydroxylation is 1. The molecule has 0 aliphatic carbocycles. The van der Waals surface area contributed by atoms with Crippen molar-refractivity contribution >= 4 is 12.3 Å². The molecule has 1 rings (SSSR count). The number of ether oxygens (including phenoxy) is 1. The Kier molecular flexibility index (Phi) is 4.23. The zero-order valence-electron chi connectivity index (χ0n) is 9.87. The third kappa shape index (κ3) is 2.69. The lowest BCUT2D eigenvalue weighted by molar-refractivity contribution is -0.142. The van der Waals surface area contributed by atoms with E-state index in [0.29, 0.717) is 12.2 Å². The second-order valence-corrected chi connectivity index (χ2v) is 3.67. The Bertz CT molecular complexity index is 408. The Labute approximate surface area is 95.4 Å². The van der Waals surface area contributed by atoms with E-state index < -0.39 is 0 Å². The summed E-state index contributed by atoms with van der Waals surface area (Å²) in [4.78, 5) is 22.3. The summed E-state index contributed by atoms with van der Waals surface area (Å²) in [5, 5.41) is 0. The maximum atomic E-state index is 11.4. The molecule has 16 heavy (non-hydrogen) atoms. The first-order chi connectivity index (χ1) is 7.60. The van der Waals surface area contributed by atoms with Gasteiger partial charge in [-0.3, -0.25) is 9.59 Å². The predicted molar refractivity (Wildman–Crippen MR) is 61.6 cm³/mol. The van der Waals surface area contributed by atoms with E-state index >= 15 is 0 Å². The largest absolute Gasteiger partial charge is 0.466 e. The smallest absolute Gasteiger partial charge is 0.310 e. The summed E-state index contributed by atoms with van der Waals surface area (Å²) in [5.74, 6) is -0.292. The Hall–Kier alpha value is -1.64. The van der Waals surface area contributed by atoms with Crippen molar-refractivity contribution in [3.05, 3.63) is 34.4 Å². The van der Waals surface area contributed by atoms with Crippen molar-refractivity contribution in [3.63, 3.8) is 0 Å². The average Bonchev–Trinajstić information content (AvgIpc) is 2.25. The van der Waals surface area contributed by atoms with Gasteiger partial charge in [0.15, 0.2) is 0 Å². The van der Waals surface area contributed by atoms with Gasteiger partial charge in [0.25, 0.3) is 0 Å². The molecule has 1 aromatic carbocycles. The normalized spacial score (nSPS) is 9.94. The van der Waals surface area contributed by atoms with Crippen LogP contribution >= 0.6 is 0 Å². The highest BCUT2D eigenvalue weighted by Crippen LogP contribution is 2.18. The van der Waals surface area contributed by atoms with E-state index in [1.807, 2.05) is 19.9 Å². The standard InChI is InChI=1S/C13H16O3/c1-4-16-13(15)7-12-10(3)9(2)5-6-11(12)8-14/h5-6,8H,4,7H2,1-3H3. The van der Waals surface area contributed by atoms with Crippen molar-refractivity contribution in [1.82, 2.24) is 0 Å². The van der Waals surface area contributed by atoms with Gasteiger partial charge in [0.2, 0.25) is 0 Å². The van der Waals surface area contributed by atoms with Gasteiger partial charge in [-0.2, -0.15) is 0 Å². The van der Waals surface area contributed by atoms with Gasteiger partial charge in [0, 0.05) is 5.56 Å². The number of benzene rings is 1. The summed E-state index contributed by atoms with van der Waals surface area (Å²) in [6.45, 7) is 6.00. The van der Waals surface area contributed by atoms with Crippen molar-refractivity contribution in [2.45, 2.75) is 27.2 Å². The number of esters is 1. The lowest BCUT2D eigenvalue weighted by Gasteiger charge is -2.10. The molecule has 1 aromatic rings. The van der Waals surface area contributed by atoms with Gasteiger partial charge in [-0.1, -0.05) is 12.1 Å². The Morgan fingerprint density at radius 3 is 2.62 bits per heavy atom. The number of hydrogen-bond donors (Lipinski definition) is 0. The molecule has 3 nitrogen and oxygen atoms in total. The molecule has 0 bridgehead atoms.